The molecule has 1 unspecified atom stereocenters. The molecule has 2 fully saturated rings. The standard InChI is InChI=1S/C84H117N23O19S3/c1-6-7-19-63(77(120)97-55(18-12-28-92-84(88)89)73(116)103-62(72(115)94-39-69(87)112)43-128-44-70(113)96-56(71(114)90-2)32-46-23-25-50(110)26-24-46)104(3)83(126)66(27-31-127-5)105(4)81(124)59(34-48-42-129-67-22-11-9-16-52(48)67)100-76(119)60(40-108)101-74(117)57(33-47-37-93-54-17-10-8-15-51(47)54)98-79(122)65-21-14-30-107(65)82(125)61(41-109)102-75(118)58(35-49-38-91-45-95-49)99-78(121)64-20-13-29-106(64)80(123)53(85)36-68(86)111/h8-11,15-17,22-26,37-38,42,45,53,55-66,93,108-110H,6-7,12-14,18-21,27-36,39-41,43-44,85H2,1-5H3,(H2,86,111)(H2,87,112)(H,90,114)(H,91,95)(H,94,115)(H,96,113)(H,97,120)(H,98,122)(H,99,121)(H,100,119)(H,101,117)(H,102,118)(H,103,116)(H4,88,89,92)/t53-,55-,56-,57-,58-,59-,60-,61-,62?,63-,64-,65-,66-/m0/s1. The number of imidazole rings is 1. The van der Waals surface area contributed by atoms with E-state index < -0.39 is 205 Å². The van der Waals surface area contributed by atoms with Crippen LogP contribution in [0.5, 0.6) is 5.75 Å². The molecule has 8 rings (SSSR count). The number of guanidine groups is 1. The number of rotatable bonds is 51. The third-order valence-corrected chi connectivity index (χ3v) is 24.8. The number of amides is 16. The van der Waals surface area contributed by atoms with Crippen LogP contribution < -0.4 is 81.4 Å². The summed E-state index contributed by atoms with van der Waals surface area (Å²) in [5.74, 6) is -14.3. The highest BCUT2D eigenvalue weighted by atomic mass is 32.2. The number of unbranched alkanes of at least 4 members (excludes halogenated alkanes) is 1. The maximum Gasteiger partial charge on any atom is 0.248 e. The van der Waals surface area contributed by atoms with Crippen LogP contribution in [-0.4, -0.2) is 313 Å². The van der Waals surface area contributed by atoms with E-state index in [0.29, 0.717) is 57.9 Å². The molecular weight excluding hydrogens is 1730 g/mol. The van der Waals surface area contributed by atoms with Gasteiger partial charge in [0.2, 0.25) is 94.5 Å². The molecule has 45 heteroatoms. The second-order valence-electron chi connectivity index (χ2n) is 31.4. The van der Waals surface area contributed by atoms with Crippen LogP contribution in [0.25, 0.3) is 21.0 Å². The Labute approximate surface area is 756 Å². The van der Waals surface area contributed by atoms with Gasteiger partial charge in [0.25, 0.3) is 0 Å². The second kappa shape index (κ2) is 50.3. The van der Waals surface area contributed by atoms with Crippen molar-refractivity contribution in [1.29, 1.82) is 5.41 Å². The molecule has 0 saturated carbocycles. The number of likely N-dealkylation sites (N-methyl/N-ethyl adjacent to an activating group) is 3. The minimum Gasteiger partial charge on any atom is -0.508 e. The molecule has 0 aliphatic carbocycles. The van der Waals surface area contributed by atoms with E-state index >= 15 is 24.0 Å². The SMILES string of the molecule is CCCC[C@@H](C(=O)N[C@@H](CCCNC(=N)N)C(=O)NC(CSCC(=O)N[C@@H](Cc1ccc(O)cc1)C(=O)NC)C(=O)NCC(N)=O)N(C)C(=O)[C@H](CCSC)N(C)C(=O)[C@H](Cc1csc2ccccc12)NC(=O)[C@H](CO)NC(=O)[C@H](Cc1c[nH]c2ccccc12)NC(=O)[C@@H]1CCCN1C(=O)[C@H](CO)NC(=O)[C@H](Cc1cnc[nH]1)NC(=O)[C@@H]1CCCN1C(=O)[C@@H](N)CC(N)=O. The lowest BCUT2D eigenvalue weighted by Gasteiger charge is -2.36. The maximum absolute atomic E-state index is 15.7. The number of H-pyrrole nitrogens is 2. The van der Waals surface area contributed by atoms with Gasteiger partial charge in [-0.1, -0.05) is 68.3 Å². The first kappa shape index (κ1) is 102. The second-order valence-corrected chi connectivity index (χ2v) is 34.3. The van der Waals surface area contributed by atoms with E-state index in [2.05, 4.69) is 73.4 Å². The number of nitrogens with two attached hydrogens (primary N) is 4. The number of aliphatic hydroxyl groups excluding tert-OH is 2. The number of aliphatic hydroxyl groups is 2. The predicted molar refractivity (Wildman–Crippen MR) is 481 cm³/mol. The Bertz CT molecular complexity index is 4920. The van der Waals surface area contributed by atoms with E-state index in [4.69, 9.17) is 28.3 Å². The quantitative estimate of drug-likeness (QED) is 0.00985. The Morgan fingerprint density at radius 3 is 1.80 bits per heavy atom. The summed E-state index contributed by atoms with van der Waals surface area (Å²) in [7, 11) is 4.09. The molecule has 3 aromatic heterocycles. The number of nitrogens with one attached hydrogen (secondary N) is 14. The Balaban J connectivity index is 1.01. The summed E-state index contributed by atoms with van der Waals surface area (Å²) in [6.45, 7) is -0.828. The van der Waals surface area contributed by atoms with Crippen molar-refractivity contribution in [3.05, 3.63) is 119 Å². The van der Waals surface area contributed by atoms with E-state index in [-0.39, 0.29) is 113 Å². The fraction of sp³-hybridized carbons (Fsp3) is 0.500. The number of phenols is 1. The minimum absolute atomic E-state index is 0.00827. The van der Waals surface area contributed by atoms with Crippen molar-refractivity contribution in [2.24, 2.45) is 22.9 Å². The van der Waals surface area contributed by atoms with Crippen LogP contribution in [0.15, 0.2) is 96.9 Å². The number of carbonyl (C=O) groups excluding carboxylic acids is 16. The summed E-state index contributed by atoms with van der Waals surface area (Å²) < 4.78 is 0.815. The maximum atomic E-state index is 15.7. The fourth-order valence-electron chi connectivity index (χ4n) is 15.2. The average molecular weight is 1850 g/mol. The lowest BCUT2D eigenvalue weighted by atomic mass is 10.0. The first-order valence-corrected chi connectivity index (χ1v) is 45.6. The van der Waals surface area contributed by atoms with Gasteiger partial charge in [0.15, 0.2) is 5.96 Å². The molecule has 0 spiro atoms. The molecule has 16 amide bonds. The van der Waals surface area contributed by atoms with E-state index in [9.17, 15) is 68.1 Å². The summed E-state index contributed by atoms with van der Waals surface area (Å²) >= 11 is 3.56. The largest absolute Gasteiger partial charge is 0.508 e. The minimum atomic E-state index is -1.86. The topological polar surface area (TPSA) is 652 Å². The van der Waals surface area contributed by atoms with Crippen molar-refractivity contribution in [3.8, 4) is 5.75 Å². The number of phenolic OH excluding ortho intramolecular Hbond substituents is 1. The number of hydrogen-bond acceptors (Lipinski definition) is 25. The van der Waals surface area contributed by atoms with Gasteiger partial charge in [0.05, 0.1) is 44.3 Å². The number of benzene rings is 3. The van der Waals surface area contributed by atoms with Gasteiger partial charge >= 0.3 is 0 Å². The molecule has 25 N–H and O–H groups in total. The number of carbonyl (C=O) groups is 16. The Morgan fingerprint density at radius 2 is 1.18 bits per heavy atom. The molecule has 0 bridgehead atoms. The molecular formula is C84H117N23O19S3. The van der Waals surface area contributed by atoms with E-state index in [1.54, 1.807) is 60.3 Å². The highest BCUT2D eigenvalue weighted by Crippen LogP contribution is 2.29. The molecule has 2 saturated heterocycles. The smallest absolute Gasteiger partial charge is 0.248 e. The monoisotopic (exact) mass is 1850 g/mol. The van der Waals surface area contributed by atoms with Gasteiger partial charge in [-0.05, 0) is 115 Å². The number of aromatic hydroxyl groups is 1. The van der Waals surface area contributed by atoms with Crippen molar-refractivity contribution < 1.29 is 92.0 Å². The van der Waals surface area contributed by atoms with Gasteiger partial charge in [0, 0.05) is 106 Å². The first-order chi connectivity index (χ1) is 61.7. The lowest BCUT2D eigenvalue weighted by Crippen LogP contribution is -2.62. The Hall–Kier alpha value is -12.5. The van der Waals surface area contributed by atoms with Crippen LogP contribution >= 0.6 is 34.9 Å². The molecule has 13 atom stereocenters. The number of hydrogen-bond donors (Lipinski definition) is 21. The number of thioether (sulfide) groups is 2. The first-order valence-electron chi connectivity index (χ1n) is 42.2. The zero-order valence-electron chi connectivity index (χ0n) is 72.4. The van der Waals surface area contributed by atoms with E-state index in [1.165, 1.54) is 73.8 Å². The molecule has 129 heavy (non-hydrogen) atoms. The summed E-state index contributed by atoms with van der Waals surface area (Å²) in [5.41, 5.74) is 24.9. The lowest BCUT2D eigenvalue weighted by molar-refractivity contribution is -0.149. The summed E-state index contributed by atoms with van der Waals surface area (Å²) in [6, 6.07) is 1.56. The van der Waals surface area contributed by atoms with Crippen LogP contribution in [0.1, 0.15) is 99.9 Å². The molecule has 5 heterocycles. The van der Waals surface area contributed by atoms with Crippen molar-refractivity contribution in [1.82, 2.24) is 93.0 Å². The molecule has 700 valence electrons. The van der Waals surface area contributed by atoms with Gasteiger partial charge in [-0.15, -0.1) is 23.1 Å². The van der Waals surface area contributed by atoms with Crippen LogP contribution in [0.4, 0.5) is 0 Å². The number of aromatic amines is 2. The molecule has 2 aliphatic heterocycles. The zero-order valence-corrected chi connectivity index (χ0v) is 74.8. The van der Waals surface area contributed by atoms with Gasteiger partial charge in [-0.2, -0.15) is 11.8 Å². The number of primary amides is 2. The third-order valence-electron chi connectivity index (χ3n) is 22.1. The fourth-order valence-corrected chi connectivity index (χ4v) is 17.5. The van der Waals surface area contributed by atoms with Crippen molar-refractivity contribution in [2.75, 3.05) is 84.1 Å². The van der Waals surface area contributed by atoms with Gasteiger partial charge in [-0.3, -0.25) is 82.1 Å². The van der Waals surface area contributed by atoms with Gasteiger partial charge in [0.1, 0.15) is 78.3 Å². The Morgan fingerprint density at radius 1 is 0.597 bits per heavy atom. The van der Waals surface area contributed by atoms with Crippen molar-refractivity contribution in [3.63, 3.8) is 0 Å². The molecule has 0 radical (unpaired) electrons. The highest BCUT2D eigenvalue weighted by Gasteiger charge is 2.44. The molecule has 2 aliphatic rings. The number of thiophene rings is 1. The summed E-state index contributed by atoms with van der Waals surface area (Å²) in [6.07, 6.45) is 6.51. The molecule has 42 nitrogen and oxygen atoms in total. The predicted octanol–water partition coefficient (Wildman–Crippen LogP) is -3.93. The van der Waals surface area contributed by atoms with E-state index in [1.807, 2.05) is 25.1 Å². The molecule has 6 aromatic rings. The van der Waals surface area contributed by atoms with Crippen LogP contribution in [0.3, 0.4) is 0 Å². The number of para-hydroxylation sites is 1. The Kier molecular flexibility index (Phi) is 39.8. The van der Waals surface area contributed by atoms with Crippen molar-refractivity contribution in [2.45, 2.75) is 182 Å². The normalized spacial score (nSPS) is 16.2. The van der Waals surface area contributed by atoms with Gasteiger partial charge < -0.3 is 126 Å². The average Bonchev–Trinajstić information content (AvgIpc) is 1.67. The number of likely N-dealkylation sites (tertiary alicyclic amines) is 2. The van der Waals surface area contributed by atoms with Gasteiger partial charge in [-0.25, -0.2) is 4.98 Å². The number of aromatic nitrogens is 3. The molecule has 3 aromatic carbocycles. The van der Waals surface area contributed by atoms with Crippen molar-refractivity contribution >= 4 is 156 Å². The zero-order chi connectivity index (χ0) is 94.1. The van der Waals surface area contributed by atoms with Crippen LogP contribution in [0, 0.1) is 5.41 Å². The van der Waals surface area contributed by atoms with Crippen LogP contribution in [-0.2, 0) is 102 Å². The summed E-state index contributed by atoms with van der Waals surface area (Å²) in [4.78, 5) is 241. The summed E-state index contributed by atoms with van der Waals surface area (Å²) in [5, 5.41) is 71.5. The third kappa shape index (κ3) is 29.5. The number of fused-ring (bicyclic) bond motifs is 2. The number of nitrogens with zero attached hydrogens (tertiary/aromatic N) is 5. The highest BCUT2D eigenvalue weighted by molar-refractivity contribution is 8.00. The van der Waals surface area contributed by atoms with E-state index in [0.717, 1.165) is 31.2 Å². The van der Waals surface area contributed by atoms with Crippen LogP contribution in [0.2, 0.25) is 0 Å².